The monoisotopic (exact) mass is 298 g/mol. The fourth-order valence-electron chi connectivity index (χ4n) is 3.47. The first-order chi connectivity index (χ1) is 10.7. The topological polar surface area (TPSA) is 65.7 Å². The van der Waals surface area contributed by atoms with Crippen LogP contribution in [0.4, 0.5) is 0 Å². The van der Waals surface area contributed by atoms with Crippen LogP contribution in [0.5, 0.6) is 5.75 Å². The first-order valence-corrected chi connectivity index (χ1v) is 7.62. The van der Waals surface area contributed by atoms with Gasteiger partial charge in [-0.3, -0.25) is 4.79 Å². The summed E-state index contributed by atoms with van der Waals surface area (Å²) in [5.41, 5.74) is 0.590. The van der Waals surface area contributed by atoms with Crippen molar-refractivity contribution >= 4 is 5.91 Å². The Morgan fingerprint density at radius 1 is 1.23 bits per heavy atom. The van der Waals surface area contributed by atoms with Gasteiger partial charge in [-0.1, -0.05) is 12.1 Å². The van der Waals surface area contributed by atoms with E-state index in [0.29, 0.717) is 17.2 Å². The summed E-state index contributed by atoms with van der Waals surface area (Å²) in [5, 5.41) is 12.9. The third-order valence-electron chi connectivity index (χ3n) is 4.65. The number of nitrogens with one attached hydrogen (secondary N) is 1. The summed E-state index contributed by atoms with van der Waals surface area (Å²) in [6.07, 6.45) is 1.16. The number of rotatable bonds is 3. The number of para-hydroxylation sites is 1. The SMILES string of the molecule is O=C(NC1CN2CC[C@H]1C2)c1ccc(-c2ccccc2O)o1. The molecule has 0 saturated carbocycles. The zero-order valence-corrected chi connectivity index (χ0v) is 12.2. The smallest absolute Gasteiger partial charge is 0.287 e. The number of phenols is 1. The molecule has 2 saturated heterocycles. The van der Waals surface area contributed by atoms with Gasteiger partial charge < -0.3 is 19.7 Å². The van der Waals surface area contributed by atoms with E-state index in [1.54, 1.807) is 30.3 Å². The van der Waals surface area contributed by atoms with E-state index in [-0.39, 0.29) is 23.5 Å². The highest BCUT2D eigenvalue weighted by atomic mass is 16.4. The second-order valence-electron chi connectivity index (χ2n) is 6.07. The van der Waals surface area contributed by atoms with Gasteiger partial charge in [-0.25, -0.2) is 0 Å². The molecule has 0 radical (unpaired) electrons. The third-order valence-corrected chi connectivity index (χ3v) is 4.65. The number of hydrogen-bond donors (Lipinski definition) is 2. The number of fused-ring (bicyclic) bond motifs is 2. The summed E-state index contributed by atoms with van der Waals surface area (Å²) in [6, 6.07) is 10.5. The number of benzene rings is 1. The van der Waals surface area contributed by atoms with E-state index >= 15 is 0 Å². The Bertz CT molecular complexity index is 709. The van der Waals surface area contributed by atoms with Crippen LogP contribution in [0.2, 0.25) is 0 Å². The minimum absolute atomic E-state index is 0.143. The molecule has 1 aromatic carbocycles. The third kappa shape index (κ3) is 2.27. The van der Waals surface area contributed by atoms with Gasteiger partial charge in [0.15, 0.2) is 5.76 Å². The van der Waals surface area contributed by atoms with Gasteiger partial charge in [0.1, 0.15) is 11.5 Å². The Morgan fingerprint density at radius 2 is 2.09 bits per heavy atom. The number of piperidine rings is 1. The number of nitrogens with zero attached hydrogens (tertiary/aromatic N) is 1. The largest absolute Gasteiger partial charge is 0.507 e. The quantitative estimate of drug-likeness (QED) is 0.910. The second kappa shape index (κ2) is 5.18. The average molecular weight is 298 g/mol. The van der Waals surface area contributed by atoms with Crippen LogP contribution in [0.3, 0.4) is 0 Å². The van der Waals surface area contributed by atoms with Crippen LogP contribution < -0.4 is 5.32 Å². The number of furan rings is 1. The summed E-state index contributed by atoms with van der Waals surface area (Å²) < 4.78 is 5.62. The van der Waals surface area contributed by atoms with Crippen LogP contribution in [0.1, 0.15) is 17.0 Å². The van der Waals surface area contributed by atoms with Crippen molar-refractivity contribution in [2.45, 2.75) is 12.5 Å². The summed E-state index contributed by atoms with van der Waals surface area (Å²) in [5.74, 6) is 1.32. The summed E-state index contributed by atoms with van der Waals surface area (Å²) in [4.78, 5) is 14.7. The first-order valence-electron chi connectivity index (χ1n) is 7.62. The Kier molecular flexibility index (Phi) is 3.15. The minimum Gasteiger partial charge on any atom is -0.507 e. The van der Waals surface area contributed by atoms with Gasteiger partial charge in [0.25, 0.3) is 5.91 Å². The Balaban J connectivity index is 1.49. The molecule has 0 spiro atoms. The molecule has 3 atom stereocenters. The molecule has 0 aliphatic carbocycles. The molecule has 2 aliphatic rings. The Labute approximate surface area is 128 Å². The van der Waals surface area contributed by atoms with Crippen molar-refractivity contribution in [3.8, 4) is 17.1 Å². The van der Waals surface area contributed by atoms with E-state index in [0.717, 1.165) is 26.1 Å². The van der Waals surface area contributed by atoms with Crippen molar-refractivity contribution in [2.24, 2.45) is 5.92 Å². The van der Waals surface area contributed by atoms with Crippen LogP contribution in [-0.4, -0.2) is 41.6 Å². The number of carbonyl (C=O) groups is 1. The highest BCUT2D eigenvalue weighted by Crippen LogP contribution is 2.31. The zero-order valence-electron chi connectivity index (χ0n) is 12.2. The van der Waals surface area contributed by atoms with Crippen LogP contribution >= 0.6 is 0 Å². The first kappa shape index (κ1) is 13.4. The van der Waals surface area contributed by atoms with E-state index in [4.69, 9.17) is 4.42 Å². The Morgan fingerprint density at radius 3 is 2.82 bits per heavy atom. The molecule has 3 heterocycles. The van der Waals surface area contributed by atoms with Gasteiger partial charge in [0.05, 0.1) is 5.56 Å². The molecule has 5 heteroatoms. The number of aromatic hydroxyl groups is 1. The van der Waals surface area contributed by atoms with Gasteiger partial charge in [0, 0.05) is 19.1 Å². The van der Waals surface area contributed by atoms with Crippen molar-refractivity contribution in [2.75, 3.05) is 19.6 Å². The molecule has 1 amide bonds. The lowest BCUT2D eigenvalue weighted by Crippen LogP contribution is -2.43. The van der Waals surface area contributed by atoms with Gasteiger partial charge >= 0.3 is 0 Å². The molecule has 114 valence electrons. The molecule has 5 nitrogen and oxygen atoms in total. The van der Waals surface area contributed by atoms with Gasteiger partial charge in [-0.15, -0.1) is 0 Å². The number of amides is 1. The normalized spacial score (nSPS) is 26.3. The fourth-order valence-corrected chi connectivity index (χ4v) is 3.47. The minimum atomic E-state index is -0.180. The maximum absolute atomic E-state index is 12.3. The van der Waals surface area contributed by atoms with Crippen LogP contribution in [-0.2, 0) is 0 Å². The Hall–Kier alpha value is -2.27. The number of carbonyl (C=O) groups excluding carboxylic acids is 1. The van der Waals surface area contributed by atoms with Crippen LogP contribution in [0, 0.1) is 5.92 Å². The lowest BCUT2D eigenvalue weighted by Gasteiger charge is -2.22. The average Bonchev–Trinajstić information content (AvgIpc) is 3.24. The van der Waals surface area contributed by atoms with Crippen LogP contribution in [0.25, 0.3) is 11.3 Å². The summed E-state index contributed by atoms with van der Waals surface area (Å²) >= 11 is 0. The maximum atomic E-state index is 12.3. The van der Waals surface area contributed by atoms with Crippen molar-refractivity contribution in [3.63, 3.8) is 0 Å². The van der Waals surface area contributed by atoms with E-state index in [9.17, 15) is 9.90 Å². The lowest BCUT2D eigenvalue weighted by atomic mass is 10.00. The molecule has 4 rings (SSSR count). The molecular weight excluding hydrogens is 280 g/mol. The molecule has 2 N–H and O–H groups in total. The molecule has 2 unspecified atom stereocenters. The van der Waals surface area contributed by atoms with Crippen molar-refractivity contribution in [1.82, 2.24) is 10.2 Å². The molecule has 2 aromatic rings. The van der Waals surface area contributed by atoms with E-state index < -0.39 is 0 Å². The van der Waals surface area contributed by atoms with Crippen molar-refractivity contribution in [1.29, 1.82) is 0 Å². The van der Waals surface area contributed by atoms with Crippen molar-refractivity contribution < 1.29 is 14.3 Å². The highest BCUT2D eigenvalue weighted by molar-refractivity contribution is 5.92. The molecule has 2 aliphatic heterocycles. The van der Waals surface area contributed by atoms with Gasteiger partial charge in [-0.05, 0) is 43.1 Å². The van der Waals surface area contributed by atoms with Gasteiger partial charge in [-0.2, -0.15) is 0 Å². The zero-order chi connectivity index (χ0) is 15.1. The van der Waals surface area contributed by atoms with Crippen LogP contribution in [0.15, 0.2) is 40.8 Å². The van der Waals surface area contributed by atoms with Gasteiger partial charge in [0.2, 0.25) is 0 Å². The van der Waals surface area contributed by atoms with E-state index in [1.807, 2.05) is 6.07 Å². The number of phenolic OH excluding ortho intramolecular Hbond substituents is 1. The lowest BCUT2D eigenvalue weighted by molar-refractivity contribution is 0.0897. The summed E-state index contributed by atoms with van der Waals surface area (Å²) in [6.45, 7) is 3.17. The maximum Gasteiger partial charge on any atom is 0.287 e. The molecular formula is C17H18N2O3. The molecule has 2 bridgehead atoms. The molecule has 2 fully saturated rings. The fraction of sp³-hybridized carbons (Fsp3) is 0.353. The van der Waals surface area contributed by atoms with Crippen molar-refractivity contribution in [3.05, 3.63) is 42.2 Å². The molecule has 22 heavy (non-hydrogen) atoms. The summed E-state index contributed by atoms with van der Waals surface area (Å²) in [7, 11) is 0. The molecule has 1 aromatic heterocycles. The standard InChI is InChI=1S/C17H18N2O3/c20-14-4-2-1-3-12(14)15-5-6-16(22-15)17(21)18-13-10-19-8-7-11(13)9-19/h1-6,11,13,20H,7-10H2,(H,18,21)/t11-,13?/m0/s1. The van der Waals surface area contributed by atoms with E-state index in [2.05, 4.69) is 10.2 Å². The second-order valence-corrected chi connectivity index (χ2v) is 6.07. The van der Waals surface area contributed by atoms with E-state index in [1.165, 1.54) is 0 Å². The highest BCUT2D eigenvalue weighted by Gasteiger charge is 2.38. The predicted octanol–water partition coefficient (Wildman–Crippen LogP) is 2.09. The number of hydrogen-bond acceptors (Lipinski definition) is 4. The predicted molar refractivity (Wildman–Crippen MR) is 81.6 cm³/mol.